The molecule has 22 nitrogen and oxygen atoms in total. The fraction of sp³-hybridized carbons (Fsp3) is 0.0556. The van der Waals surface area contributed by atoms with E-state index < -0.39 is 95.8 Å². The van der Waals surface area contributed by atoms with Gasteiger partial charge in [0.05, 0.1) is 66.7 Å². The Labute approximate surface area is 363 Å². The molecule has 6 aromatic rings. The summed E-state index contributed by atoms with van der Waals surface area (Å²) in [5.74, 6) is -1.70. The average Bonchev–Trinajstić information content (AvgIpc) is 3.20. The smallest absolute Gasteiger partial charge is 0.296 e. The summed E-state index contributed by atoms with van der Waals surface area (Å²) in [6, 6.07) is 19.4. The lowest BCUT2D eigenvalue weighted by atomic mass is 10.0. The summed E-state index contributed by atoms with van der Waals surface area (Å²) in [7, 11) is -18.6. The van der Waals surface area contributed by atoms with E-state index in [4.69, 9.17) is 33.9 Å². The van der Waals surface area contributed by atoms with Gasteiger partial charge in [-0.1, -0.05) is 11.6 Å². The SMILES string of the molecule is Nc1cc(N)c(N=Nc2ccc(NS(=O)(=O)c3ccc(N=Nc4cc(S(=O)(=O)O)c5cc(S(=O)(=O)O)c(N=Nc6ccc(S(=O)(=O)CCO)cc6)c(O)c5c4N)cc3)cc2)cc1Cl. The Morgan fingerprint density at radius 2 is 1.10 bits per heavy atom. The number of nitrogen functional groups attached to an aromatic ring is 3. The van der Waals surface area contributed by atoms with Crippen molar-refractivity contribution in [2.75, 3.05) is 34.3 Å². The van der Waals surface area contributed by atoms with Gasteiger partial charge < -0.3 is 27.4 Å². The van der Waals surface area contributed by atoms with Crippen LogP contribution in [0.1, 0.15) is 0 Å². The molecule has 27 heteroatoms. The maximum atomic E-state index is 13.2. The summed E-state index contributed by atoms with van der Waals surface area (Å²) in [5, 5.41) is 42.8. The first kappa shape index (κ1) is 45.9. The number of nitrogens with zero attached hydrogens (tertiary/aromatic N) is 6. The first-order chi connectivity index (χ1) is 29.5. The van der Waals surface area contributed by atoms with Gasteiger partial charge in [0.1, 0.15) is 26.9 Å². The van der Waals surface area contributed by atoms with Gasteiger partial charge in [0.25, 0.3) is 30.3 Å². The molecule has 6 rings (SSSR count). The van der Waals surface area contributed by atoms with Crippen LogP contribution in [0.2, 0.25) is 5.02 Å². The largest absolute Gasteiger partial charge is 0.505 e. The number of halogens is 1. The van der Waals surface area contributed by atoms with Gasteiger partial charge in [-0.2, -0.15) is 32.2 Å². The standard InChI is InChI=1S/C36H31ClN10O12S4/c37-26-16-29(28(39)17-27(26)38)44-41-19-1-3-22(4-2-19)47-61(52,53)24-11-7-20(8-12-24)42-45-30-18-31(62(54,55)56)25-15-32(63(57,58)59)35(36(49)33(25)34(30)40)46-43-21-5-9-23(10-6-21)60(50,51)14-13-48/h1-12,15-18,47-49H,13-14,38-40H2,(H,54,55,56)(H,57,58,59). The fourth-order valence-electron chi connectivity index (χ4n) is 5.57. The number of aliphatic hydroxyl groups excluding tert-OH is 1. The van der Waals surface area contributed by atoms with E-state index >= 15 is 0 Å². The number of aliphatic hydroxyl groups is 1. The van der Waals surface area contributed by atoms with Gasteiger partial charge in [0.2, 0.25) is 0 Å². The highest BCUT2D eigenvalue weighted by Gasteiger charge is 2.28. The highest BCUT2D eigenvalue weighted by atomic mass is 35.5. The zero-order valence-corrected chi connectivity index (χ0v) is 35.7. The highest BCUT2D eigenvalue weighted by molar-refractivity contribution is 7.92. The second-order valence-corrected chi connectivity index (χ2v) is 19.9. The third kappa shape index (κ3) is 10.4. The molecular weight excluding hydrogens is 928 g/mol. The normalized spacial score (nSPS) is 12.8. The number of nitrogens with two attached hydrogens (primary N) is 3. The van der Waals surface area contributed by atoms with Crippen molar-refractivity contribution in [3.05, 3.63) is 102 Å². The predicted octanol–water partition coefficient (Wildman–Crippen LogP) is 7.25. The molecule has 0 saturated heterocycles. The summed E-state index contributed by atoms with van der Waals surface area (Å²) in [5.41, 5.74) is 17.2. The van der Waals surface area contributed by atoms with E-state index in [1.54, 1.807) is 0 Å². The molecule has 0 saturated carbocycles. The zero-order chi connectivity index (χ0) is 46.1. The molecule has 0 fully saturated rings. The van der Waals surface area contributed by atoms with Crippen molar-refractivity contribution in [3.8, 4) is 5.75 Å². The van der Waals surface area contributed by atoms with Gasteiger partial charge in [-0.05, 0) is 97.1 Å². The van der Waals surface area contributed by atoms with E-state index in [0.29, 0.717) is 17.8 Å². The third-order valence-electron chi connectivity index (χ3n) is 8.65. The average molecular weight is 959 g/mol. The second-order valence-electron chi connectivity index (χ2n) is 13.0. The molecule has 11 N–H and O–H groups in total. The summed E-state index contributed by atoms with van der Waals surface area (Å²) in [6.45, 7) is -0.636. The Bertz CT molecular complexity index is 3340. The molecule has 0 bridgehead atoms. The minimum atomic E-state index is -5.30. The molecule has 0 amide bonds. The molecule has 6 aromatic carbocycles. The van der Waals surface area contributed by atoms with E-state index in [0.717, 1.165) is 24.3 Å². The second kappa shape index (κ2) is 17.6. The Kier molecular flexibility index (Phi) is 12.8. The number of rotatable bonds is 14. The molecule has 0 aliphatic heterocycles. The van der Waals surface area contributed by atoms with Crippen LogP contribution >= 0.6 is 11.6 Å². The molecule has 0 aliphatic carbocycles. The van der Waals surface area contributed by atoms with Crippen LogP contribution in [-0.2, 0) is 40.1 Å². The van der Waals surface area contributed by atoms with Crippen LogP contribution in [0.3, 0.4) is 0 Å². The van der Waals surface area contributed by atoms with Crippen molar-refractivity contribution in [1.82, 2.24) is 0 Å². The summed E-state index contributed by atoms with van der Waals surface area (Å²) in [4.78, 5) is -2.57. The van der Waals surface area contributed by atoms with Crippen LogP contribution in [0.25, 0.3) is 10.8 Å². The van der Waals surface area contributed by atoms with E-state index in [1.807, 2.05) is 0 Å². The number of sulfonamides is 1. The Hall–Kier alpha value is -6.65. The van der Waals surface area contributed by atoms with Gasteiger partial charge in [0, 0.05) is 11.1 Å². The number of sulfone groups is 1. The van der Waals surface area contributed by atoms with E-state index in [1.165, 1.54) is 60.7 Å². The number of azo groups is 3. The summed E-state index contributed by atoms with van der Waals surface area (Å²) < 4.78 is 123. The number of hydrogen-bond donors (Lipinski definition) is 8. The van der Waals surface area contributed by atoms with Crippen LogP contribution in [-0.4, -0.2) is 65.3 Å². The van der Waals surface area contributed by atoms with Gasteiger partial charge in [-0.3, -0.25) is 13.8 Å². The van der Waals surface area contributed by atoms with Crippen LogP contribution in [0.5, 0.6) is 5.75 Å². The molecule has 0 aromatic heterocycles. The van der Waals surface area contributed by atoms with Crippen LogP contribution in [0.15, 0.2) is 147 Å². The molecule has 0 unspecified atom stereocenters. The molecular formula is C36H31ClN10O12S4. The lowest BCUT2D eigenvalue weighted by molar-refractivity contribution is 0.319. The first-order valence-electron chi connectivity index (χ1n) is 17.3. The maximum absolute atomic E-state index is 13.2. The zero-order valence-electron chi connectivity index (χ0n) is 31.6. The van der Waals surface area contributed by atoms with Gasteiger partial charge >= 0.3 is 0 Å². The third-order valence-corrected chi connectivity index (χ3v) is 13.8. The number of phenols is 1. The predicted molar refractivity (Wildman–Crippen MR) is 232 cm³/mol. The van der Waals surface area contributed by atoms with Crippen molar-refractivity contribution >= 4 is 119 Å². The molecule has 63 heavy (non-hydrogen) atoms. The number of nitrogens with one attached hydrogen (secondary N) is 1. The van der Waals surface area contributed by atoms with Crippen LogP contribution in [0, 0.1) is 0 Å². The number of aromatic hydroxyl groups is 1. The molecule has 0 radical (unpaired) electrons. The van der Waals surface area contributed by atoms with Gasteiger partial charge in [0.15, 0.2) is 15.6 Å². The van der Waals surface area contributed by atoms with Crippen LogP contribution < -0.4 is 21.9 Å². The van der Waals surface area contributed by atoms with Crippen molar-refractivity contribution in [3.63, 3.8) is 0 Å². The lowest BCUT2D eigenvalue weighted by Crippen LogP contribution is -2.12. The molecule has 0 atom stereocenters. The molecule has 328 valence electrons. The highest BCUT2D eigenvalue weighted by Crippen LogP contribution is 2.48. The number of anilines is 4. The minimum Gasteiger partial charge on any atom is -0.505 e. The fourth-order valence-corrected chi connectivity index (χ4v) is 9.16. The first-order valence-corrected chi connectivity index (χ1v) is 23.7. The number of fused-ring (bicyclic) bond motifs is 1. The molecule has 0 spiro atoms. The van der Waals surface area contributed by atoms with Crippen molar-refractivity contribution in [2.45, 2.75) is 19.6 Å². The number of hydrogen-bond acceptors (Lipinski definition) is 19. The van der Waals surface area contributed by atoms with Crippen molar-refractivity contribution in [2.24, 2.45) is 30.7 Å². The molecule has 0 aliphatic rings. The van der Waals surface area contributed by atoms with Crippen molar-refractivity contribution in [1.29, 1.82) is 0 Å². The van der Waals surface area contributed by atoms with E-state index in [-0.39, 0.29) is 48.9 Å². The summed E-state index contributed by atoms with van der Waals surface area (Å²) >= 11 is 6.02. The van der Waals surface area contributed by atoms with Crippen LogP contribution in [0.4, 0.5) is 56.9 Å². The Balaban J connectivity index is 1.28. The lowest BCUT2D eigenvalue weighted by Gasteiger charge is -2.14. The Morgan fingerprint density at radius 1 is 0.587 bits per heavy atom. The quantitative estimate of drug-likeness (QED) is 0.0303. The topological polar surface area (TPSA) is 382 Å². The molecule has 0 heterocycles. The van der Waals surface area contributed by atoms with Gasteiger partial charge in [-0.15, -0.1) is 15.3 Å². The minimum absolute atomic E-state index is 0.00945. The van der Waals surface area contributed by atoms with Crippen molar-refractivity contribution < 1.29 is 53.0 Å². The maximum Gasteiger partial charge on any atom is 0.296 e. The monoisotopic (exact) mass is 958 g/mol. The van der Waals surface area contributed by atoms with E-state index in [2.05, 4.69) is 35.4 Å². The Morgan fingerprint density at radius 3 is 1.63 bits per heavy atom. The van der Waals surface area contributed by atoms with E-state index in [9.17, 15) is 47.9 Å². The number of benzene rings is 6. The van der Waals surface area contributed by atoms with Gasteiger partial charge in [-0.25, -0.2) is 16.8 Å². The summed E-state index contributed by atoms with van der Waals surface area (Å²) in [6.07, 6.45) is 0. The number of phenolic OH excluding ortho intramolecular Hbond substituents is 1.